The van der Waals surface area contributed by atoms with Gasteiger partial charge in [0.05, 0.1) is 6.04 Å². The van der Waals surface area contributed by atoms with Crippen molar-refractivity contribution in [1.29, 1.82) is 0 Å². The molecule has 0 bridgehead atoms. The number of benzene rings is 2. The molecule has 1 unspecified atom stereocenters. The highest BCUT2D eigenvalue weighted by molar-refractivity contribution is 5.66. The van der Waals surface area contributed by atoms with E-state index in [0.29, 0.717) is 18.8 Å². The zero-order chi connectivity index (χ0) is 23.9. The molecule has 0 spiro atoms. The van der Waals surface area contributed by atoms with E-state index in [1.165, 1.54) is 0 Å². The molecule has 0 amide bonds. The van der Waals surface area contributed by atoms with E-state index in [1.54, 1.807) is 10.7 Å². The van der Waals surface area contributed by atoms with Crippen LogP contribution in [0.15, 0.2) is 61.2 Å². The molecule has 1 aromatic heterocycles. The number of rotatable bonds is 10. The fraction of sp³-hybridized carbons (Fsp3) is 0.360. The fourth-order valence-electron chi connectivity index (χ4n) is 4.45. The van der Waals surface area contributed by atoms with E-state index in [-0.39, 0.29) is 18.2 Å². The number of aliphatic carboxylic acids is 1. The lowest BCUT2D eigenvalue weighted by molar-refractivity contribution is -0.137. The standard InChI is InChI=1S/C25H30N6O3/c1-2-12-29-14-16-30(17-15-29)24(21-5-3-6-22(32)18-21)19-8-10-20(11-9-19)25-26-27-28-31(25)13-4-7-23(33)34/h2-3,5-6,8-11,18,24,32H,1,4,7,12-17H2,(H,33,34). The third kappa shape index (κ3) is 5.67. The fourth-order valence-corrected chi connectivity index (χ4v) is 4.45. The molecule has 1 fully saturated rings. The minimum atomic E-state index is -0.831. The van der Waals surface area contributed by atoms with Crippen LogP contribution in [0.2, 0.25) is 0 Å². The molecule has 0 aliphatic carbocycles. The van der Waals surface area contributed by atoms with Crippen LogP contribution in [-0.4, -0.2) is 78.9 Å². The van der Waals surface area contributed by atoms with Gasteiger partial charge in [0.25, 0.3) is 0 Å². The second kappa shape index (κ2) is 11.0. The van der Waals surface area contributed by atoms with Crippen molar-refractivity contribution in [2.45, 2.75) is 25.4 Å². The molecule has 9 heteroatoms. The van der Waals surface area contributed by atoms with Gasteiger partial charge in [0.15, 0.2) is 5.82 Å². The summed E-state index contributed by atoms with van der Waals surface area (Å²) in [6.07, 6.45) is 2.48. The number of phenols is 1. The van der Waals surface area contributed by atoms with Crippen LogP contribution in [0.25, 0.3) is 11.4 Å². The highest BCUT2D eigenvalue weighted by Crippen LogP contribution is 2.32. The first-order valence-electron chi connectivity index (χ1n) is 11.5. The van der Waals surface area contributed by atoms with Gasteiger partial charge in [-0.05, 0) is 40.1 Å². The summed E-state index contributed by atoms with van der Waals surface area (Å²) in [6, 6.07) is 15.6. The first kappa shape index (κ1) is 23.6. The van der Waals surface area contributed by atoms with Crippen LogP contribution in [0, 0.1) is 0 Å². The minimum absolute atomic E-state index is 0.0126. The van der Waals surface area contributed by atoms with Crippen LogP contribution in [0.5, 0.6) is 5.75 Å². The number of carbonyl (C=O) groups is 1. The molecule has 0 radical (unpaired) electrons. The van der Waals surface area contributed by atoms with Gasteiger partial charge in [-0.15, -0.1) is 11.7 Å². The van der Waals surface area contributed by atoms with Gasteiger partial charge >= 0.3 is 5.97 Å². The van der Waals surface area contributed by atoms with Gasteiger partial charge in [-0.25, -0.2) is 4.68 Å². The van der Waals surface area contributed by atoms with Gasteiger partial charge in [-0.3, -0.25) is 14.6 Å². The Labute approximate surface area is 198 Å². The zero-order valence-electron chi connectivity index (χ0n) is 19.1. The number of tetrazole rings is 1. The number of piperazine rings is 1. The zero-order valence-corrected chi connectivity index (χ0v) is 19.1. The van der Waals surface area contributed by atoms with Gasteiger partial charge in [-0.2, -0.15) is 0 Å². The SMILES string of the molecule is C=CCN1CCN(C(c2ccc(-c3nnnn3CCCC(=O)O)cc2)c2cccc(O)c2)CC1. The number of hydrogen-bond donors (Lipinski definition) is 2. The van der Waals surface area contributed by atoms with E-state index in [1.807, 2.05) is 30.3 Å². The highest BCUT2D eigenvalue weighted by atomic mass is 16.4. The van der Waals surface area contributed by atoms with Crippen molar-refractivity contribution in [3.63, 3.8) is 0 Å². The third-order valence-corrected chi connectivity index (χ3v) is 6.12. The smallest absolute Gasteiger partial charge is 0.303 e. The summed E-state index contributed by atoms with van der Waals surface area (Å²) in [4.78, 5) is 15.6. The Morgan fingerprint density at radius 3 is 2.53 bits per heavy atom. The Kier molecular flexibility index (Phi) is 7.66. The van der Waals surface area contributed by atoms with Gasteiger partial charge < -0.3 is 10.2 Å². The largest absolute Gasteiger partial charge is 0.508 e. The maximum Gasteiger partial charge on any atom is 0.303 e. The van der Waals surface area contributed by atoms with Crippen molar-refractivity contribution in [3.8, 4) is 17.1 Å². The summed E-state index contributed by atoms with van der Waals surface area (Å²) in [5, 5.41) is 30.9. The monoisotopic (exact) mass is 462 g/mol. The minimum Gasteiger partial charge on any atom is -0.508 e. The number of aromatic nitrogens is 4. The van der Waals surface area contributed by atoms with Crippen molar-refractivity contribution in [1.82, 2.24) is 30.0 Å². The second-order valence-electron chi connectivity index (χ2n) is 8.47. The third-order valence-electron chi connectivity index (χ3n) is 6.12. The summed E-state index contributed by atoms with van der Waals surface area (Å²) in [7, 11) is 0. The van der Waals surface area contributed by atoms with E-state index in [4.69, 9.17) is 5.11 Å². The summed E-state index contributed by atoms with van der Waals surface area (Å²) >= 11 is 0. The van der Waals surface area contributed by atoms with Crippen molar-refractivity contribution >= 4 is 5.97 Å². The maximum absolute atomic E-state index is 10.8. The van der Waals surface area contributed by atoms with Crippen LogP contribution in [0.4, 0.5) is 0 Å². The second-order valence-corrected chi connectivity index (χ2v) is 8.47. The van der Waals surface area contributed by atoms with Crippen LogP contribution >= 0.6 is 0 Å². The average Bonchev–Trinajstić information content (AvgIpc) is 3.29. The van der Waals surface area contributed by atoms with Gasteiger partial charge in [0.2, 0.25) is 0 Å². The van der Waals surface area contributed by atoms with Crippen LogP contribution in [-0.2, 0) is 11.3 Å². The van der Waals surface area contributed by atoms with Crippen molar-refractivity contribution < 1.29 is 15.0 Å². The molecule has 178 valence electrons. The molecule has 2 heterocycles. The lowest BCUT2D eigenvalue weighted by Crippen LogP contribution is -2.47. The maximum atomic E-state index is 10.8. The number of carboxylic acids is 1. The summed E-state index contributed by atoms with van der Waals surface area (Å²) < 4.78 is 1.64. The lowest BCUT2D eigenvalue weighted by atomic mass is 9.95. The van der Waals surface area contributed by atoms with Crippen LogP contribution in [0.3, 0.4) is 0 Å². The molecular weight excluding hydrogens is 432 g/mol. The Hall–Kier alpha value is -3.56. The summed E-state index contributed by atoms with van der Waals surface area (Å²) in [5.74, 6) is 0.0381. The predicted octanol–water partition coefficient (Wildman–Crippen LogP) is 2.80. The number of carboxylic acid groups (broad SMARTS) is 1. The van der Waals surface area contributed by atoms with Crippen LogP contribution in [0.1, 0.15) is 30.0 Å². The Bertz CT molecular complexity index is 1110. The first-order chi connectivity index (χ1) is 16.5. The normalized spacial score (nSPS) is 15.8. The number of aryl methyl sites for hydroxylation is 1. The highest BCUT2D eigenvalue weighted by Gasteiger charge is 2.26. The Morgan fingerprint density at radius 2 is 1.85 bits per heavy atom. The average molecular weight is 463 g/mol. The van der Waals surface area contributed by atoms with Crippen molar-refractivity contribution in [2.75, 3.05) is 32.7 Å². The molecule has 1 aliphatic heterocycles. The summed E-state index contributed by atoms with van der Waals surface area (Å²) in [6.45, 7) is 8.93. The van der Waals surface area contributed by atoms with Crippen molar-refractivity contribution in [3.05, 3.63) is 72.3 Å². The van der Waals surface area contributed by atoms with Crippen molar-refractivity contribution in [2.24, 2.45) is 0 Å². The molecule has 2 N–H and O–H groups in total. The molecule has 1 saturated heterocycles. The van der Waals surface area contributed by atoms with Gasteiger partial charge in [0.1, 0.15) is 5.75 Å². The van der Waals surface area contributed by atoms with Crippen LogP contribution < -0.4 is 0 Å². The molecule has 0 saturated carbocycles. The quantitative estimate of drug-likeness (QED) is 0.443. The molecule has 9 nitrogen and oxygen atoms in total. The molecule has 1 aliphatic rings. The molecule has 1 atom stereocenters. The number of phenolic OH excluding ortho intramolecular Hbond substituents is 1. The molecule has 4 rings (SSSR count). The van der Waals surface area contributed by atoms with E-state index in [9.17, 15) is 9.90 Å². The lowest BCUT2D eigenvalue weighted by Gasteiger charge is -2.39. The predicted molar refractivity (Wildman–Crippen MR) is 128 cm³/mol. The number of hydrogen-bond acceptors (Lipinski definition) is 7. The Morgan fingerprint density at radius 1 is 1.09 bits per heavy atom. The van der Waals surface area contributed by atoms with E-state index < -0.39 is 5.97 Å². The van der Waals surface area contributed by atoms with Gasteiger partial charge in [-0.1, -0.05) is 42.5 Å². The molecule has 2 aromatic carbocycles. The Balaban J connectivity index is 1.57. The topological polar surface area (TPSA) is 108 Å². The van der Waals surface area contributed by atoms with E-state index in [2.05, 4.69) is 50.1 Å². The molecule has 34 heavy (non-hydrogen) atoms. The van der Waals surface area contributed by atoms with Gasteiger partial charge in [0, 0.05) is 51.3 Å². The van der Waals surface area contributed by atoms with E-state index >= 15 is 0 Å². The summed E-state index contributed by atoms with van der Waals surface area (Å²) in [5.41, 5.74) is 3.04. The first-order valence-corrected chi connectivity index (χ1v) is 11.5. The number of aromatic hydroxyl groups is 1. The molecule has 3 aromatic rings. The van der Waals surface area contributed by atoms with E-state index in [0.717, 1.165) is 49.4 Å². The number of nitrogens with zero attached hydrogens (tertiary/aromatic N) is 6. The molecular formula is C25H30N6O3.